The van der Waals surface area contributed by atoms with Crippen LogP contribution in [-0.4, -0.2) is 52.7 Å². The molecule has 0 saturated carbocycles. The number of hydrogen-bond acceptors (Lipinski definition) is 4. The fraction of sp³-hybridized carbons (Fsp3) is 0.292. The molecule has 2 aromatic carbocycles. The van der Waals surface area contributed by atoms with E-state index in [1.54, 1.807) is 30.1 Å². The second kappa shape index (κ2) is 9.87. The second-order valence-corrected chi connectivity index (χ2v) is 8.12. The smallest absolute Gasteiger partial charge is 0.272 e. The van der Waals surface area contributed by atoms with Gasteiger partial charge >= 0.3 is 0 Å². The van der Waals surface area contributed by atoms with E-state index in [4.69, 9.17) is 16.3 Å². The minimum absolute atomic E-state index is 0.00303. The highest BCUT2D eigenvalue weighted by Crippen LogP contribution is 2.21. The van der Waals surface area contributed by atoms with E-state index in [2.05, 4.69) is 10.4 Å². The maximum absolute atomic E-state index is 12.7. The zero-order chi connectivity index (χ0) is 22.5. The molecule has 1 fully saturated rings. The summed E-state index contributed by atoms with van der Waals surface area (Å²) in [5.74, 6) is 0.562. The molecule has 7 nitrogen and oxygen atoms in total. The predicted molar refractivity (Wildman–Crippen MR) is 122 cm³/mol. The summed E-state index contributed by atoms with van der Waals surface area (Å²) >= 11 is 6.21. The van der Waals surface area contributed by atoms with Crippen molar-refractivity contribution < 1.29 is 14.3 Å². The molecule has 0 unspecified atom stereocenters. The van der Waals surface area contributed by atoms with Gasteiger partial charge in [0.05, 0.1) is 24.2 Å². The number of benzene rings is 2. The first-order valence-electron chi connectivity index (χ1n) is 10.6. The molecule has 1 saturated heterocycles. The summed E-state index contributed by atoms with van der Waals surface area (Å²) in [5.41, 5.74) is 1.93. The third-order valence-corrected chi connectivity index (χ3v) is 5.96. The van der Waals surface area contributed by atoms with E-state index in [-0.39, 0.29) is 17.9 Å². The minimum Gasteiger partial charge on any atom is -0.496 e. The number of rotatable bonds is 6. The van der Waals surface area contributed by atoms with Gasteiger partial charge in [-0.1, -0.05) is 41.9 Å². The molecule has 1 aromatic heterocycles. The fourth-order valence-electron chi connectivity index (χ4n) is 3.87. The van der Waals surface area contributed by atoms with Crippen molar-refractivity contribution in [1.29, 1.82) is 0 Å². The van der Waals surface area contributed by atoms with Crippen molar-refractivity contribution in [3.8, 4) is 11.4 Å². The molecule has 2 amide bonds. The summed E-state index contributed by atoms with van der Waals surface area (Å²) < 4.78 is 6.93. The van der Waals surface area contributed by atoms with Crippen LogP contribution >= 0.6 is 11.6 Å². The molecular weight excluding hydrogens is 428 g/mol. The first kappa shape index (κ1) is 21.9. The monoisotopic (exact) mass is 452 g/mol. The van der Waals surface area contributed by atoms with Crippen molar-refractivity contribution in [1.82, 2.24) is 20.0 Å². The Hall–Kier alpha value is -3.32. The molecular formula is C24H25ClN4O3. The predicted octanol–water partition coefficient (Wildman–Crippen LogP) is 3.50. The van der Waals surface area contributed by atoms with Gasteiger partial charge in [-0.05, 0) is 37.1 Å². The van der Waals surface area contributed by atoms with Crippen molar-refractivity contribution in [2.24, 2.45) is 0 Å². The number of ether oxygens (including phenoxy) is 1. The van der Waals surface area contributed by atoms with Gasteiger partial charge in [-0.15, -0.1) is 0 Å². The minimum atomic E-state index is -0.227. The summed E-state index contributed by atoms with van der Waals surface area (Å²) in [5, 5.41) is 7.96. The molecule has 4 rings (SSSR count). The van der Waals surface area contributed by atoms with Crippen LogP contribution in [0.15, 0.2) is 60.8 Å². The van der Waals surface area contributed by atoms with Crippen LogP contribution in [0.1, 0.15) is 28.9 Å². The summed E-state index contributed by atoms with van der Waals surface area (Å²) in [6.07, 6.45) is 3.43. The average Bonchev–Trinajstić information content (AvgIpc) is 3.30. The highest BCUT2D eigenvalue weighted by atomic mass is 35.5. The molecule has 166 valence electrons. The number of aromatic nitrogens is 2. The van der Waals surface area contributed by atoms with E-state index in [0.717, 1.165) is 17.0 Å². The Labute approximate surface area is 191 Å². The van der Waals surface area contributed by atoms with Crippen molar-refractivity contribution in [3.05, 3.63) is 77.1 Å². The van der Waals surface area contributed by atoms with Gasteiger partial charge in [0.15, 0.2) is 5.69 Å². The topological polar surface area (TPSA) is 76.5 Å². The summed E-state index contributed by atoms with van der Waals surface area (Å²) in [4.78, 5) is 27.2. The third-order valence-electron chi connectivity index (χ3n) is 5.64. The zero-order valence-corrected chi connectivity index (χ0v) is 18.6. The van der Waals surface area contributed by atoms with Gasteiger partial charge < -0.3 is 15.0 Å². The molecule has 1 N–H and O–H groups in total. The van der Waals surface area contributed by atoms with Crippen LogP contribution in [0.2, 0.25) is 5.02 Å². The van der Waals surface area contributed by atoms with Gasteiger partial charge in [0, 0.05) is 30.9 Å². The molecule has 8 heteroatoms. The Bertz CT molecular complexity index is 1110. The van der Waals surface area contributed by atoms with E-state index in [1.165, 1.54) is 0 Å². The molecule has 0 bridgehead atoms. The molecule has 1 aliphatic heterocycles. The van der Waals surface area contributed by atoms with Crippen LogP contribution < -0.4 is 10.1 Å². The van der Waals surface area contributed by atoms with Gasteiger partial charge in [0.1, 0.15) is 5.75 Å². The van der Waals surface area contributed by atoms with Crippen molar-refractivity contribution in [3.63, 3.8) is 0 Å². The number of piperidine rings is 1. The largest absolute Gasteiger partial charge is 0.496 e. The first-order chi connectivity index (χ1) is 15.5. The van der Waals surface area contributed by atoms with Gasteiger partial charge in [-0.2, -0.15) is 5.10 Å². The zero-order valence-electron chi connectivity index (χ0n) is 17.8. The standard InChI is InChI=1S/C24H25ClN4O3/c1-32-22-9-5-2-6-17(22)16-23(30)28-13-10-18(11-14-28)26-24(31)20-12-15-29(27-20)21-8-4-3-7-19(21)25/h2-9,12,15,18H,10-11,13-14,16H2,1H3,(H,26,31). The first-order valence-corrected chi connectivity index (χ1v) is 10.9. The quantitative estimate of drug-likeness (QED) is 0.621. The molecule has 0 spiro atoms. The molecule has 0 radical (unpaired) electrons. The number of hydrogen-bond donors (Lipinski definition) is 1. The number of carbonyl (C=O) groups excluding carboxylic acids is 2. The van der Waals surface area contributed by atoms with E-state index in [1.807, 2.05) is 47.4 Å². The maximum atomic E-state index is 12.7. The van der Waals surface area contributed by atoms with Crippen LogP contribution in [0.4, 0.5) is 0 Å². The van der Waals surface area contributed by atoms with Crippen LogP contribution in [0.3, 0.4) is 0 Å². The van der Waals surface area contributed by atoms with Crippen molar-refractivity contribution >= 4 is 23.4 Å². The summed E-state index contributed by atoms with van der Waals surface area (Å²) in [6.45, 7) is 1.21. The van der Waals surface area contributed by atoms with Crippen LogP contribution in [0, 0.1) is 0 Å². The lowest BCUT2D eigenvalue weighted by atomic mass is 10.0. The van der Waals surface area contributed by atoms with Gasteiger partial charge in [-0.25, -0.2) is 4.68 Å². The van der Waals surface area contributed by atoms with E-state index in [0.29, 0.717) is 43.1 Å². The SMILES string of the molecule is COc1ccccc1CC(=O)N1CCC(NC(=O)c2ccn(-c3ccccc3Cl)n2)CC1. The Morgan fingerprint density at radius 1 is 1.09 bits per heavy atom. The molecule has 2 heterocycles. The van der Waals surface area contributed by atoms with Gasteiger partial charge in [-0.3, -0.25) is 9.59 Å². The highest BCUT2D eigenvalue weighted by Gasteiger charge is 2.25. The van der Waals surface area contributed by atoms with E-state index >= 15 is 0 Å². The molecule has 3 aromatic rings. The number of nitrogens with one attached hydrogen (secondary N) is 1. The summed E-state index contributed by atoms with van der Waals surface area (Å²) in [6, 6.07) is 16.6. The number of nitrogens with zero attached hydrogens (tertiary/aromatic N) is 3. The molecule has 0 aliphatic carbocycles. The van der Waals surface area contributed by atoms with Crippen molar-refractivity contribution in [2.45, 2.75) is 25.3 Å². The lowest BCUT2D eigenvalue weighted by molar-refractivity contribution is -0.131. The molecule has 32 heavy (non-hydrogen) atoms. The Morgan fingerprint density at radius 3 is 2.56 bits per heavy atom. The Kier molecular flexibility index (Phi) is 6.75. The van der Waals surface area contributed by atoms with Gasteiger partial charge in [0.25, 0.3) is 5.91 Å². The van der Waals surface area contributed by atoms with Crippen LogP contribution in [0.5, 0.6) is 5.75 Å². The fourth-order valence-corrected chi connectivity index (χ4v) is 4.10. The Balaban J connectivity index is 1.30. The number of halogens is 1. The lowest BCUT2D eigenvalue weighted by Crippen LogP contribution is -2.47. The molecule has 0 atom stereocenters. The number of methoxy groups -OCH3 is 1. The highest BCUT2D eigenvalue weighted by molar-refractivity contribution is 6.32. The van der Waals surface area contributed by atoms with Gasteiger partial charge in [0.2, 0.25) is 5.91 Å². The average molecular weight is 453 g/mol. The number of likely N-dealkylation sites (tertiary alicyclic amines) is 1. The lowest BCUT2D eigenvalue weighted by Gasteiger charge is -2.32. The third kappa shape index (κ3) is 4.94. The second-order valence-electron chi connectivity index (χ2n) is 7.71. The summed E-state index contributed by atoms with van der Waals surface area (Å²) in [7, 11) is 1.61. The van der Waals surface area contributed by atoms with Crippen molar-refractivity contribution in [2.75, 3.05) is 20.2 Å². The van der Waals surface area contributed by atoms with E-state index in [9.17, 15) is 9.59 Å². The number of carbonyl (C=O) groups is 2. The number of amides is 2. The van der Waals surface area contributed by atoms with Crippen LogP contribution in [0.25, 0.3) is 5.69 Å². The van der Waals surface area contributed by atoms with E-state index < -0.39 is 0 Å². The molecule has 1 aliphatic rings. The maximum Gasteiger partial charge on any atom is 0.272 e. The normalized spacial score (nSPS) is 14.2. The van der Waals surface area contributed by atoms with Crippen LogP contribution in [-0.2, 0) is 11.2 Å². The Morgan fingerprint density at radius 2 is 1.81 bits per heavy atom. The number of para-hydroxylation sites is 2.